The summed E-state index contributed by atoms with van der Waals surface area (Å²) in [6.07, 6.45) is 2.56. The van der Waals surface area contributed by atoms with Crippen molar-refractivity contribution in [3.63, 3.8) is 0 Å². The summed E-state index contributed by atoms with van der Waals surface area (Å²) in [4.78, 5) is 2.49. The van der Waals surface area contributed by atoms with Crippen molar-refractivity contribution in [3.8, 4) is 0 Å². The fourth-order valence-corrected chi connectivity index (χ4v) is 2.66. The Balaban J connectivity index is 2.08. The maximum Gasteiger partial charge on any atom is 0.0713 e. The van der Waals surface area contributed by atoms with Crippen molar-refractivity contribution in [3.05, 3.63) is 35.4 Å². The third-order valence-corrected chi connectivity index (χ3v) is 3.87. The molecule has 0 saturated heterocycles. The van der Waals surface area contributed by atoms with E-state index in [2.05, 4.69) is 29.2 Å². The minimum absolute atomic E-state index is 0.286. The average molecular weight is 278 g/mol. The standard InChI is InChI=1S/C16H26N2O2/c1-19-10-9-18(15-7-8-15)16(11-17)14-5-3-13(4-6-14)12-20-2/h3-6,15-16H,7-12,17H2,1-2H3. The van der Waals surface area contributed by atoms with Gasteiger partial charge in [0.1, 0.15) is 0 Å². The third-order valence-electron chi connectivity index (χ3n) is 3.87. The highest BCUT2D eigenvalue weighted by Gasteiger charge is 2.33. The molecule has 1 aromatic carbocycles. The fraction of sp³-hybridized carbons (Fsp3) is 0.625. The molecule has 2 rings (SSSR count). The van der Waals surface area contributed by atoms with Gasteiger partial charge in [0.2, 0.25) is 0 Å². The summed E-state index contributed by atoms with van der Waals surface area (Å²) in [5, 5.41) is 0. The van der Waals surface area contributed by atoms with E-state index in [1.807, 2.05) is 0 Å². The highest BCUT2D eigenvalue weighted by atomic mass is 16.5. The third kappa shape index (κ3) is 4.03. The van der Waals surface area contributed by atoms with Crippen molar-refractivity contribution in [2.24, 2.45) is 5.73 Å². The van der Waals surface area contributed by atoms with Crippen LogP contribution in [0.4, 0.5) is 0 Å². The Kier molecular flexibility index (Phi) is 5.98. The molecule has 1 fully saturated rings. The first-order valence-electron chi connectivity index (χ1n) is 7.32. The van der Waals surface area contributed by atoms with E-state index >= 15 is 0 Å². The van der Waals surface area contributed by atoms with E-state index in [1.54, 1.807) is 14.2 Å². The Labute approximate surface area is 121 Å². The molecule has 20 heavy (non-hydrogen) atoms. The van der Waals surface area contributed by atoms with Crippen molar-refractivity contribution < 1.29 is 9.47 Å². The minimum atomic E-state index is 0.286. The molecule has 2 N–H and O–H groups in total. The van der Waals surface area contributed by atoms with Crippen LogP contribution < -0.4 is 5.73 Å². The first-order valence-corrected chi connectivity index (χ1v) is 7.32. The Bertz CT molecular complexity index is 390. The highest BCUT2D eigenvalue weighted by Crippen LogP contribution is 2.33. The van der Waals surface area contributed by atoms with Gasteiger partial charge in [-0.2, -0.15) is 0 Å². The molecule has 1 aliphatic carbocycles. The maximum atomic E-state index is 6.03. The van der Waals surface area contributed by atoms with E-state index in [9.17, 15) is 0 Å². The van der Waals surface area contributed by atoms with Gasteiger partial charge in [-0.25, -0.2) is 0 Å². The summed E-state index contributed by atoms with van der Waals surface area (Å²) < 4.78 is 10.4. The van der Waals surface area contributed by atoms with Gasteiger partial charge in [-0.15, -0.1) is 0 Å². The second-order valence-electron chi connectivity index (χ2n) is 5.39. The number of ether oxygens (including phenoxy) is 2. The van der Waals surface area contributed by atoms with Crippen molar-refractivity contribution in [2.45, 2.75) is 31.5 Å². The van der Waals surface area contributed by atoms with Crippen LogP contribution in [0.2, 0.25) is 0 Å². The Morgan fingerprint density at radius 1 is 1.20 bits per heavy atom. The van der Waals surface area contributed by atoms with Crippen molar-refractivity contribution in [2.75, 3.05) is 33.9 Å². The molecule has 112 valence electrons. The van der Waals surface area contributed by atoms with Gasteiger partial charge in [0.15, 0.2) is 0 Å². The van der Waals surface area contributed by atoms with Crippen LogP contribution in [0, 0.1) is 0 Å². The molecule has 0 spiro atoms. The van der Waals surface area contributed by atoms with Gasteiger partial charge in [0.05, 0.1) is 13.2 Å². The Morgan fingerprint density at radius 2 is 1.90 bits per heavy atom. The molecule has 1 unspecified atom stereocenters. The molecular weight excluding hydrogens is 252 g/mol. The second-order valence-corrected chi connectivity index (χ2v) is 5.39. The van der Waals surface area contributed by atoms with E-state index in [0.717, 1.165) is 13.2 Å². The van der Waals surface area contributed by atoms with Crippen LogP contribution in [0.3, 0.4) is 0 Å². The van der Waals surface area contributed by atoms with Crippen molar-refractivity contribution in [1.82, 2.24) is 4.90 Å². The molecule has 1 atom stereocenters. The lowest BCUT2D eigenvalue weighted by atomic mass is 10.0. The van der Waals surface area contributed by atoms with E-state index in [0.29, 0.717) is 19.2 Å². The summed E-state index contributed by atoms with van der Waals surface area (Å²) in [5.74, 6) is 0. The highest BCUT2D eigenvalue weighted by molar-refractivity contribution is 5.25. The lowest BCUT2D eigenvalue weighted by molar-refractivity contribution is 0.115. The van der Waals surface area contributed by atoms with Gasteiger partial charge in [-0.05, 0) is 24.0 Å². The second kappa shape index (κ2) is 7.74. The molecule has 0 radical (unpaired) electrons. The van der Waals surface area contributed by atoms with Gasteiger partial charge in [-0.1, -0.05) is 24.3 Å². The van der Waals surface area contributed by atoms with Crippen LogP contribution in [0.5, 0.6) is 0 Å². The predicted molar refractivity (Wildman–Crippen MR) is 80.6 cm³/mol. The molecule has 4 heteroatoms. The lowest BCUT2D eigenvalue weighted by Gasteiger charge is -2.31. The van der Waals surface area contributed by atoms with Crippen LogP contribution in [-0.2, 0) is 16.1 Å². The molecule has 0 bridgehead atoms. The lowest BCUT2D eigenvalue weighted by Crippen LogP contribution is -2.37. The van der Waals surface area contributed by atoms with Crippen LogP contribution in [0.25, 0.3) is 0 Å². The number of benzene rings is 1. The summed E-state index contributed by atoms with van der Waals surface area (Å²) >= 11 is 0. The summed E-state index contributed by atoms with van der Waals surface area (Å²) in [6.45, 7) is 3.00. The summed E-state index contributed by atoms with van der Waals surface area (Å²) in [7, 11) is 3.47. The molecule has 0 amide bonds. The monoisotopic (exact) mass is 278 g/mol. The minimum Gasteiger partial charge on any atom is -0.383 e. The molecule has 4 nitrogen and oxygen atoms in total. The molecule has 1 aromatic rings. The molecular formula is C16H26N2O2. The van der Waals surface area contributed by atoms with Gasteiger partial charge in [0.25, 0.3) is 0 Å². The smallest absolute Gasteiger partial charge is 0.0713 e. The normalized spacial score (nSPS) is 16.6. The SMILES string of the molecule is COCCN(C1CC1)C(CN)c1ccc(COC)cc1. The number of rotatable bonds is 9. The summed E-state index contributed by atoms with van der Waals surface area (Å²) in [5.41, 5.74) is 8.52. The zero-order valence-electron chi connectivity index (χ0n) is 12.5. The average Bonchev–Trinajstić information content (AvgIpc) is 3.29. The quantitative estimate of drug-likeness (QED) is 0.750. The van der Waals surface area contributed by atoms with Crippen molar-refractivity contribution >= 4 is 0 Å². The number of nitrogens with zero attached hydrogens (tertiary/aromatic N) is 1. The van der Waals surface area contributed by atoms with Gasteiger partial charge in [0, 0.05) is 39.4 Å². The van der Waals surface area contributed by atoms with Crippen LogP contribution in [0.1, 0.15) is 30.0 Å². The van der Waals surface area contributed by atoms with E-state index in [4.69, 9.17) is 15.2 Å². The number of hydrogen-bond acceptors (Lipinski definition) is 4. The van der Waals surface area contributed by atoms with Crippen molar-refractivity contribution in [1.29, 1.82) is 0 Å². The van der Waals surface area contributed by atoms with Crippen LogP contribution in [-0.4, -0.2) is 44.9 Å². The number of methoxy groups -OCH3 is 2. The maximum absolute atomic E-state index is 6.03. The zero-order chi connectivity index (χ0) is 14.4. The number of nitrogens with two attached hydrogens (primary N) is 1. The first-order chi connectivity index (χ1) is 9.80. The first kappa shape index (κ1) is 15.4. The van der Waals surface area contributed by atoms with E-state index in [-0.39, 0.29) is 6.04 Å². The molecule has 1 aliphatic rings. The largest absolute Gasteiger partial charge is 0.383 e. The Morgan fingerprint density at radius 3 is 2.40 bits per heavy atom. The van der Waals surface area contributed by atoms with Crippen LogP contribution in [0.15, 0.2) is 24.3 Å². The topological polar surface area (TPSA) is 47.7 Å². The fourth-order valence-electron chi connectivity index (χ4n) is 2.66. The molecule has 0 aliphatic heterocycles. The molecule has 0 heterocycles. The zero-order valence-corrected chi connectivity index (χ0v) is 12.5. The van der Waals surface area contributed by atoms with E-state index in [1.165, 1.54) is 24.0 Å². The predicted octanol–water partition coefficient (Wildman–Crippen LogP) is 1.94. The van der Waals surface area contributed by atoms with Gasteiger partial charge in [-0.3, -0.25) is 4.90 Å². The number of hydrogen-bond donors (Lipinski definition) is 1. The van der Waals surface area contributed by atoms with Crippen LogP contribution >= 0.6 is 0 Å². The summed E-state index contributed by atoms with van der Waals surface area (Å²) in [6, 6.07) is 9.57. The molecule has 0 aromatic heterocycles. The van der Waals surface area contributed by atoms with Gasteiger partial charge >= 0.3 is 0 Å². The Hall–Kier alpha value is -0.940. The van der Waals surface area contributed by atoms with Gasteiger partial charge < -0.3 is 15.2 Å². The van der Waals surface area contributed by atoms with E-state index < -0.39 is 0 Å². The molecule has 1 saturated carbocycles.